The fraction of sp³-hybridized carbons (Fsp3) is 0.167. The van der Waals surface area contributed by atoms with Crippen LogP contribution >= 0.6 is 31.9 Å². The van der Waals surface area contributed by atoms with Gasteiger partial charge < -0.3 is 4.98 Å². The van der Waals surface area contributed by atoms with E-state index >= 15 is 0 Å². The van der Waals surface area contributed by atoms with Crippen molar-refractivity contribution in [2.45, 2.75) is 13.3 Å². The Hall–Kier alpha value is -0.940. The van der Waals surface area contributed by atoms with E-state index < -0.39 is 0 Å². The second kappa shape index (κ2) is 5.14. The van der Waals surface area contributed by atoms with E-state index in [-0.39, 0.29) is 5.56 Å². The van der Waals surface area contributed by atoms with Crippen LogP contribution in [-0.4, -0.2) is 9.97 Å². The van der Waals surface area contributed by atoms with Gasteiger partial charge in [0.15, 0.2) is 0 Å². The van der Waals surface area contributed by atoms with Gasteiger partial charge in [-0.2, -0.15) is 0 Å². The highest BCUT2D eigenvalue weighted by atomic mass is 79.9. The maximum atomic E-state index is 11.7. The number of nitrogens with one attached hydrogen (secondary N) is 1. The lowest BCUT2D eigenvalue weighted by Gasteiger charge is -2.06. The molecule has 17 heavy (non-hydrogen) atoms. The Bertz CT molecular complexity index is 608. The second-order valence-corrected chi connectivity index (χ2v) is 5.16. The molecule has 0 unspecified atom stereocenters. The lowest BCUT2D eigenvalue weighted by Crippen LogP contribution is -2.13. The molecule has 2 aromatic rings. The summed E-state index contributed by atoms with van der Waals surface area (Å²) < 4.78 is 1.42. The van der Waals surface area contributed by atoms with Crippen molar-refractivity contribution in [1.82, 2.24) is 9.97 Å². The number of benzene rings is 1. The molecule has 1 aromatic carbocycles. The van der Waals surface area contributed by atoms with Crippen LogP contribution in [0.2, 0.25) is 0 Å². The van der Waals surface area contributed by atoms with Crippen LogP contribution in [0, 0.1) is 0 Å². The van der Waals surface area contributed by atoms with Crippen LogP contribution in [-0.2, 0) is 6.42 Å². The molecule has 3 nitrogen and oxygen atoms in total. The van der Waals surface area contributed by atoms with Crippen LogP contribution in [0.15, 0.2) is 38.0 Å². The minimum absolute atomic E-state index is 0.150. The van der Waals surface area contributed by atoms with Crippen molar-refractivity contribution in [2.24, 2.45) is 0 Å². The number of nitrogens with zero attached hydrogens (tertiary/aromatic N) is 1. The van der Waals surface area contributed by atoms with Gasteiger partial charge in [-0.1, -0.05) is 41.1 Å². The fourth-order valence-electron chi connectivity index (χ4n) is 1.52. The van der Waals surface area contributed by atoms with Crippen LogP contribution < -0.4 is 5.56 Å². The van der Waals surface area contributed by atoms with E-state index in [4.69, 9.17) is 0 Å². The fourth-order valence-corrected chi connectivity index (χ4v) is 2.46. The molecule has 1 aromatic heterocycles. The number of H-pyrrole nitrogens is 1. The Morgan fingerprint density at radius 1 is 1.29 bits per heavy atom. The normalized spacial score (nSPS) is 10.5. The first-order valence-corrected chi connectivity index (χ1v) is 6.75. The third-order valence-electron chi connectivity index (χ3n) is 2.40. The number of aromatic nitrogens is 2. The van der Waals surface area contributed by atoms with E-state index in [1.165, 1.54) is 0 Å². The van der Waals surface area contributed by atoms with Crippen LogP contribution in [0.25, 0.3) is 11.4 Å². The molecular weight excluding hydrogens is 348 g/mol. The highest BCUT2D eigenvalue weighted by Gasteiger charge is 2.10. The van der Waals surface area contributed by atoms with Gasteiger partial charge in [-0.25, -0.2) is 4.98 Å². The second-order valence-electron chi connectivity index (χ2n) is 3.51. The number of rotatable bonds is 2. The summed E-state index contributed by atoms with van der Waals surface area (Å²) in [4.78, 5) is 19.0. The molecule has 5 heteroatoms. The zero-order valence-corrected chi connectivity index (χ0v) is 12.3. The first-order valence-electron chi connectivity index (χ1n) is 5.17. The lowest BCUT2D eigenvalue weighted by atomic mass is 10.2. The Morgan fingerprint density at radius 3 is 2.65 bits per heavy atom. The van der Waals surface area contributed by atoms with E-state index in [1.807, 2.05) is 31.2 Å². The molecule has 0 aliphatic carbocycles. The van der Waals surface area contributed by atoms with Crippen LogP contribution in [0.3, 0.4) is 0 Å². The molecular formula is C12H10Br2N2O. The molecule has 0 aliphatic heterocycles. The van der Waals surface area contributed by atoms with Gasteiger partial charge >= 0.3 is 0 Å². The smallest absolute Gasteiger partial charge is 0.265 e. The molecule has 0 radical (unpaired) electrons. The molecule has 0 fully saturated rings. The van der Waals surface area contributed by atoms with E-state index in [1.54, 1.807) is 0 Å². The predicted octanol–water partition coefficient (Wildman–Crippen LogP) is 3.52. The van der Waals surface area contributed by atoms with E-state index in [0.717, 1.165) is 15.7 Å². The number of halogens is 2. The summed E-state index contributed by atoms with van der Waals surface area (Å²) in [6.45, 7) is 1.97. The predicted molar refractivity (Wildman–Crippen MR) is 75.1 cm³/mol. The van der Waals surface area contributed by atoms with Crippen molar-refractivity contribution in [2.75, 3.05) is 0 Å². The number of aryl methyl sites for hydroxylation is 1. The molecule has 1 N–H and O–H groups in total. The first kappa shape index (κ1) is 12.5. The highest BCUT2D eigenvalue weighted by molar-refractivity contribution is 9.10. The first-order chi connectivity index (χ1) is 8.13. The van der Waals surface area contributed by atoms with Gasteiger partial charge in [-0.15, -0.1) is 0 Å². The molecule has 0 bridgehead atoms. The zero-order valence-electron chi connectivity index (χ0n) is 9.13. The molecule has 0 aliphatic rings. The van der Waals surface area contributed by atoms with Crippen molar-refractivity contribution >= 4 is 31.9 Å². The molecule has 0 atom stereocenters. The van der Waals surface area contributed by atoms with Gasteiger partial charge in [-0.05, 0) is 28.4 Å². The molecule has 88 valence electrons. The van der Waals surface area contributed by atoms with E-state index in [2.05, 4.69) is 41.8 Å². The summed E-state index contributed by atoms with van der Waals surface area (Å²) >= 11 is 6.70. The van der Waals surface area contributed by atoms with Gasteiger partial charge in [0.2, 0.25) is 0 Å². The monoisotopic (exact) mass is 356 g/mol. The van der Waals surface area contributed by atoms with Gasteiger partial charge in [-0.3, -0.25) is 4.79 Å². The Morgan fingerprint density at radius 2 is 2.00 bits per heavy atom. The van der Waals surface area contributed by atoms with Gasteiger partial charge in [0.25, 0.3) is 5.56 Å². The average Bonchev–Trinajstić information content (AvgIpc) is 2.33. The maximum absolute atomic E-state index is 11.7. The summed E-state index contributed by atoms with van der Waals surface area (Å²) in [6.07, 6.45) is 0.710. The zero-order chi connectivity index (χ0) is 12.4. The summed E-state index contributed by atoms with van der Waals surface area (Å²) in [6, 6.07) is 7.66. The van der Waals surface area contributed by atoms with Crippen LogP contribution in [0.4, 0.5) is 0 Å². The average molecular weight is 358 g/mol. The van der Waals surface area contributed by atoms with Crippen molar-refractivity contribution in [3.63, 3.8) is 0 Å². The van der Waals surface area contributed by atoms with Crippen molar-refractivity contribution < 1.29 is 0 Å². The van der Waals surface area contributed by atoms with Crippen LogP contribution in [0.5, 0.6) is 0 Å². The molecule has 0 spiro atoms. The van der Waals surface area contributed by atoms with Crippen molar-refractivity contribution in [3.05, 3.63) is 49.3 Å². The van der Waals surface area contributed by atoms with E-state index in [0.29, 0.717) is 16.7 Å². The number of hydrogen-bond donors (Lipinski definition) is 1. The summed E-state index contributed by atoms with van der Waals surface area (Å²) in [5.41, 5.74) is 1.49. The SMILES string of the molecule is CCc1nc(-c2ccccc2Br)[nH]c(=O)c1Br. The lowest BCUT2D eigenvalue weighted by molar-refractivity contribution is 0.970. The molecule has 0 saturated heterocycles. The Balaban J connectivity index is 2.66. The summed E-state index contributed by atoms with van der Waals surface area (Å²) in [5, 5.41) is 0. The van der Waals surface area contributed by atoms with Crippen molar-refractivity contribution in [3.8, 4) is 11.4 Å². The standard InChI is InChI=1S/C12H10Br2N2O/c1-2-9-10(14)12(17)16-11(15-9)7-5-3-4-6-8(7)13/h3-6H,2H2,1H3,(H,15,16,17). The minimum Gasteiger partial charge on any atom is -0.306 e. The molecule has 0 amide bonds. The number of aromatic amines is 1. The van der Waals surface area contributed by atoms with Crippen molar-refractivity contribution in [1.29, 1.82) is 0 Å². The highest BCUT2D eigenvalue weighted by Crippen LogP contribution is 2.25. The molecule has 0 saturated carbocycles. The maximum Gasteiger partial charge on any atom is 0.265 e. The Labute approximate surface area is 116 Å². The largest absolute Gasteiger partial charge is 0.306 e. The van der Waals surface area contributed by atoms with Gasteiger partial charge in [0.1, 0.15) is 10.3 Å². The summed E-state index contributed by atoms with van der Waals surface area (Å²) in [7, 11) is 0. The van der Waals surface area contributed by atoms with Gasteiger partial charge in [0, 0.05) is 10.0 Å². The third kappa shape index (κ3) is 2.50. The molecule has 1 heterocycles. The van der Waals surface area contributed by atoms with Gasteiger partial charge in [0.05, 0.1) is 5.69 Å². The third-order valence-corrected chi connectivity index (χ3v) is 3.90. The topological polar surface area (TPSA) is 45.8 Å². The minimum atomic E-state index is -0.150. The Kier molecular flexibility index (Phi) is 3.79. The summed E-state index contributed by atoms with van der Waals surface area (Å²) in [5.74, 6) is 0.586. The van der Waals surface area contributed by atoms with E-state index in [9.17, 15) is 4.79 Å². The quantitative estimate of drug-likeness (QED) is 0.893. The van der Waals surface area contributed by atoms with Crippen LogP contribution in [0.1, 0.15) is 12.6 Å². The molecule has 2 rings (SSSR count). The number of hydrogen-bond acceptors (Lipinski definition) is 2.